The summed E-state index contributed by atoms with van der Waals surface area (Å²) in [6.45, 7) is 1.85. The second-order valence-corrected chi connectivity index (χ2v) is 8.13. The Morgan fingerprint density at radius 1 is 1.00 bits per heavy atom. The van der Waals surface area contributed by atoms with Crippen molar-refractivity contribution in [2.24, 2.45) is 0 Å². The molecule has 3 rings (SSSR count). The topological polar surface area (TPSA) is 46.2 Å². The molecule has 0 aliphatic rings. The molecule has 3 nitrogen and oxygen atoms in total. The van der Waals surface area contributed by atoms with Crippen molar-refractivity contribution in [3.8, 4) is 0 Å². The maximum atomic E-state index is 12.8. The molecule has 0 unspecified atom stereocenters. The number of fused-ring (bicyclic) bond motifs is 1. The fourth-order valence-corrected chi connectivity index (χ4v) is 4.46. The highest BCUT2D eigenvalue weighted by atomic mass is 79.9. The summed E-state index contributed by atoms with van der Waals surface area (Å²) in [4.78, 5) is 0.208. The van der Waals surface area contributed by atoms with Gasteiger partial charge in [0.25, 0.3) is 10.0 Å². The van der Waals surface area contributed by atoms with Crippen LogP contribution in [0.3, 0.4) is 0 Å². The van der Waals surface area contributed by atoms with Gasteiger partial charge >= 0.3 is 0 Å². The normalized spacial score (nSPS) is 11.6. The molecule has 0 fully saturated rings. The van der Waals surface area contributed by atoms with Crippen LogP contribution < -0.4 is 4.72 Å². The van der Waals surface area contributed by atoms with E-state index in [4.69, 9.17) is 11.6 Å². The Kier molecular flexibility index (Phi) is 4.36. The zero-order valence-electron chi connectivity index (χ0n) is 12.2. The van der Waals surface area contributed by atoms with Crippen LogP contribution in [0.1, 0.15) is 5.56 Å². The van der Waals surface area contributed by atoms with E-state index >= 15 is 0 Å². The lowest BCUT2D eigenvalue weighted by Crippen LogP contribution is -2.14. The number of rotatable bonds is 3. The van der Waals surface area contributed by atoms with Gasteiger partial charge in [0.2, 0.25) is 0 Å². The van der Waals surface area contributed by atoms with E-state index in [1.54, 1.807) is 30.3 Å². The van der Waals surface area contributed by atoms with Crippen molar-refractivity contribution in [1.29, 1.82) is 0 Å². The quantitative estimate of drug-likeness (QED) is 0.631. The highest BCUT2D eigenvalue weighted by molar-refractivity contribution is 9.10. The number of hydrogen-bond donors (Lipinski definition) is 1. The first-order valence-corrected chi connectivity index (χ1v) is 9.50. The molecule has 0 atom stereocenters. The average molecular weight is 411 g/mol. The molecule has 3 aromatic rings. The zero-order valence-corrected chi connectivity index (χ0v) is 15.3. The molecular formula is C17H13BrClNO2S. The lowest BCUT2D eigenvalue weighted by Gasteiger charge is -2.13. The molecule has 3 aromatic carbocycles. The number of sulfonamides is 1. The molecule has 0 radical (unpaired) electrons. The van der Waals surface area contributed by atoms with Crippen LogP contribution in [0.15, 0.2) is 64.0 Å². The van der Waals surface area contributed by atoms with E-state index in [2.05, 4.69) is 20.7 Å². The largest absolute Gasteiger partial charge is 0.279 e. The zero-order chi connectivity index (χ0) is 16.6. The predicted molar refractivity (Wildman–Crippen MR) is 98.6 cm³/mol. The molecule has 0 saturated heterocycles. The highest BCUT2D eigenvalue weighted by Crippen LogP contribution is 2.31. The maximum absolute atomic E-state index is 12.8. The first-order valence-electron chi connectivity index (χ1n) is 6.85. The monoisotopic (exact) mass is 409 g/mol. The molecule has 0 spiro atoms. The Bertz CT molecular complexity index is 1000. The van der Waals surface area contributed by atoms with Crippen molar-refractivity contribution < 1.29 is 8.42 Å². The van der Waals surface area contributed by atoms with Crippen LogP contribution in [-0.2, 0) is 10.0 Å². The Balaban J connectivity index is 2.12. The average Bonchev–Trinajstić information content (AvgIpc) is 2.50. The van der Waals surface area contributed by atoms with Crippen molar-refractivity contribution in [1.82, 2.24) is 0 Å². The Morgan fingerprint density at radius 3 is 2.39 bits per heavy atom. The summed E-state index contributed by atoms with van der Waals surface area (Å²) in [6, 6.07) is 15.7. The third-order valence-corrected chi connectivity index (χ3v) is 5.80. The summed E-state index contributed by atoms with van der Waals surface area (Å²) in [7, 11) is -3.72. The lowest BCUT2D eigenvalue weighted by molar-refractivity contribution is 0.602. The predicted octanol–water partition coefficient (Wildman–Crippen LogP) is 5.36. The number of hydrogen-bond acceptors (Lipinski definition) is 2. The van der Waals surface area contributed by atoms with E-state index < -0.39 is 10.0 Å². The van der Waals surface area contributed by atoms with Gasteiger partial charge in [-0.1, -0.05) is 51.8 Å². The number of halogens is 2. The SMILES string of the molecule is Cc1cc(Br)ccc1NS(=O)(=O)c1ccc(Cl)c2ccccc12. The van der Waals surface area contributed by atoms with Crippen LogP contribution in [0.5, 0.6) is 0 Å². The Labute approximate surface area is 148 Å². The molecular weight excluding hydrogens is 398 g/mol. The standard InChI is InChI=1S/C17H13BrClNO2S/c1-11-10-12(18)6-8-16(11)20-23(21,22)17-9-7-15(19)13-4-2-3-5-14(13)17/h2-10,20H,1H3. The van der Waals surface area contributed by atoms with Gasteiger partial charge in [0.15, 0.2) is 0 Å². The summed E-state index contributed by atoms with van der Waals surface area (Å²) in [5, 5.41) is 1.84. The second-order valence-electron chi connectivity index (χ2n) is 5.16. The van der Waals surface area contributed by atoms with Gasteiger partial charge in [-0.3, -0.25) is 4.72 Å². The lowest BCUT2D eigenvalue weighted by atomic mass is 10.1. The van der Waals surface area contributed by atoms with Crippen molar-refractivity contribution in [3.05, 3.63) is 69.7 Å². The van der Waals surface area contributed by atoms with Crippen molar-refractivity contribution in [3.63, 3.8) is 0 Å². The van der Waals surface area contributed by atoms with Gasteiger partial charge in [0, 0.05) is 20.3 Å². The summed E-state index contributed by atoms with van der Waals surface area (Å²) in [5.41, 5.74) is 1.38. The molecule has 23 heavy (non-hydrogen) atoms. The van der Waals surface area contributed by atoms with Crippen LogP contribution in [0.2, 0.25) is 5.02 Å². The third kappa shape index (κ3) is 3.22. The number of aryl methyl sites for hydroxylation is 1. The van der Waals surface area contributed by atoms with E-state index in [-0.39, 0.29) is 4.90 Å². The molecule has 0 heterocycles. The minimum Gasteiger partial charge on any atom is -0.279 e. The third-order valence-electron chi connectivity index (χ3n) is 3.55. The molecule has 0 bridgehead atoms. The molecule has 0 saturated carbocycles. The Hall–Kier alpha value is -1.56. The number of nitrogens with one attached hydrogen (secondary N) is 1. The van der Waals surface area contributed by atoms with Crippen LogP contribution in [0.25, 0.3) is 10.8 Å². The summed E-state index contributed by atoms with van der Waals surface area (Å²) in [6.07, 6.45) is 0. The number of benzene rings is 3. The van der Waals surface area contributed by atoms with E-state index in [1.165, 1.54) is 6.07 Å². The van der Waals surface area contributed by atoms with Crippen LogP contribution >= 0.6 is 27.5 Å². The van der Waals surface area contributed by atoms with Crippen LogP contribution in [-0.4, -0.2) is 8.42 Å². The van der Waals surface area contributed by atoms with Crippen molar-refractivity contribution in [2.45, 2.75) is 11.8 Å². The molecule has 1 N–H and O–H groups in total. The van der Waals surface area contributed by atoms with Gasteiger partial charge in [-0.05, 0) is 42.8 Å². The van der Waals surface area contributed by atoms with E-state index in [0.717, 1.165) is 10.0 Å². The summed E-state index contributed by atoms with van der Waals surface area (Å²) < 4.78 is 29.1. The molecule has 0 aliphatic carbocycles. The highest BCUT2D eigenvalue weighted by Gasteiger charge is 2.19. The van der Waals surface area contributed by atoms with Gasteiger partial charge < -0.3 is 0 Å². The fraction of sp³-hybridized carbons (Fsp3) is 0.0588. The maximum Gasteiger partial charge on any atom is 0.262 e. The van der Waals surface area contributed by atoms with E-state index in [1.807, 2.05) is 25.1 Å². The molecule has 6 heteroatoms. The molecule has 0 amide bonds. The van der Waals surface area contributed by atoms with Gasteiger partial charge in [-0.15, -0.1) is 0 Å². The number of anilines is 1. The minimum absolute atomic E-state index is 0.208. The van der Waals surface area contributed by atoms with Crippen LogP contribution in [0.4, 0.5) is 5.69 Å². The van der Waals surface area contributed by atoms with Gasteiger partial charge in [0.05, 0.1) is 10.6 Å². The van der Waals surface area contributed by atoms with Crippen molar-refractivity contribution >= 4 is 54.0 Å². The first kappa shape index (κ1) is 16.3. The summed E-state index contributed by atoms with van der Waals surface area (Å²) in [5.74, 6) is 0. The van der Waals surface area contributed by atoms with Crippen molar-refractivity contribution in [2.75, 3.05) is 4.72 Å². The van der Waals surface area contributed by atoms with Gasteiger partial charge in [-0.2, -0.15) is 0 Å². The van der Waals surface area contributed by atoms with E-state index in [0.29, 0.717) is 21.5 Å². The van der Waals surface area contributed by atoms with Crippen LogP contribution in [0, 0.1) is 6.92 Å². The fourth-order valence-electron chi connectivity index (χ4n) is 2.41. The van der Waals surface area contributed by atoms with Gasteiger partial charge in [0.1, 0.15) is 0 Å². The molecule has 118 valence electrons. The second kappa shape index (κ2) is 6.15. The summed E-state index contributed by atoms with van der Waals surface area (Å²) >= 11 is 9.53. The van der Waals surface area contributed by atoms with Gasteiger partial charge in [-0.25, -0.2) is 8.42 Å². The smallest absolute Gasteiger partial charge is 0.262 e. The minimum atomic E-state index is -3.72. The molecule has 0 aromatic heterocycles. The van der Waals surface area contributed by atoms with E-state index in [9.17, 15) is 8.42 Å². The molecule has 0 aliphatic heterocycles. The Morgan fingerprint density at radius 2 is 1.70 bits per heavy atom. The first-order chi connectivity index (χ1) is 10.9.